The van der Waals surface area contributed by atoms with E-state index in [-0.39, 0.29) is 0 Å². The summed E-state index contributed by atoms with van der Waals surface area (Å²) in [7, 11) is 0. The van der Waals surface area contributed by atoms with Gasteiger partial charge in [-0.05, 0) is 24.6 Å². The van der Waals surface area contributed by atoms with Gasteiger partial charge in [-0.1, -0.05) is 34.1 Å². The molecule has 2 aromatic heterocycles. The number of aromatic nitrogens is 2. The molecule has 3 aromatic rings. The number of benzene rings is 1. The Bertz CT molecular complexity index is 889. The Morgan fingerprint density at radius 3 is 3.13 bits per heavy atom. The smallest absolute Gasteiger partial charge is 0.158 e. The monoisotopic (exact) mass is 387 g/mol. The van der Waals surface area contributed by atoms with Crippen LogP contribution in [0.15, 0.2) is 40.2 Å². The maximum Gasteiger partial charge on any atom is 0.158 e. The van der Waals surface area contributed by atoms with Crippen molar-refractivity contribution in [2.24, 2.45) is 5.10 Å². The molecule has 0 spiro atoms. The summed E-state index contributed by atoms with van der Waals surface area (Å²) in [4.78, 5) is 11.2. The first kappa shape index (κ1) is 14.7. The second kappa shape index (κ2) is 6.35. The van der Waals surface area contributed by atoms with E-state index in [1.165, 1.54) is 10.4 Å². The summed E-state index contributed by atoms with van der Waals surface area (Å²) in [5.41, 5.74) is 5.45. The minimum Gasteiger partial charge on any atom is -0.312 e. The summed E-state index contributed by atoms with van der Waals surface area (Å²) >= 11 is 5.25. The average Bonchev–Trinajstić information content (AvgIpc) is 2.96. The van der Waals surface area contributed by atoms with Gasteiger partial charge in [0.2, 0.25) is 0 Å². The zero-order valence-electron chi connectivity index (χ0n) is 12.2. The maximum atomic E-state index is 4.41. The molecular weight excluding hydrogens is 374 g/mol. The Hall–Kier alpha value is -1.83. The zero-order valence-corrected chi connectivity index (χ0v) is 14.6. The first-order valence-electron chi connectivity index (χ1n) is 7.32. The van der Waals surface area contributed by atoms with Gasteiger partial charge in [0, 0.05) is 21.5 Å². The molecule has 116 valence electrons. The van der Waals surface area contributed by atoms with Crippen LogP contribution in [0.4, 0.5) is 5.82 Å². The van der Waals surface area contributed by atoms with Gasteiger partial charge in [-0.15, -0.1) is 11.3 Å². The van der Waals surface area contributed by atoms with Crippen LogP contribution >= 0.6 is 27.3 Å². The first-order chi connectivity index (χ1) is 11.3. The fourth-order valence-electron chi connectivity index (χ4n) is 2.69. The molecule has 0 radical (unpaired) electrons. The fourth-order valence-corrected chi connectivity index (χ4v) is 4.23. The number of fused-ring (bicyclic) bond motifs is 3. The molecule has 0 aliphatic carbocycles. The molecule has 0 unspecified atom stereocenters. The highest BCUT2D eigenvalue weighted by Crippen LogP contribution is 2.35. The number of anilines is 1. The van der Waals surface area contributed by atoms with E-state index < -0.39 is 0 Å². The van der Waals surface area contributed by atoms with Crippen molar-refractivity contribution >= 4 is 49.5 Å². The van der Waals surface area contributed by atoms with Gasteiger partial charge < -0.3 is 5.32 Å². The summed E-state index contributed by atoms with van der Waals surface area (Å²) in [6, 6.07) is 7.96. The van der Waals surface area contributed by atoms with E-state index in [1.54, 1.807) is 23.9 Å². The van der Waals surface area contributed by atoms with E-state index in [0.29, 0.717) is 0 Å². The average molecular weight is 388 g/mol. The van der Waals surface area contributed by atoms with Gasteiger partial charge in [-0.25, -0.2) is 9.97 Å². The molecule has 0 fully saturated rings. The Labute approximate surface area is 146 Å². The number of nitrogens with one attached hydrogen (secondary N) is 2. The van der Waals surface area contributed by atoms with Crippen LogP contribution in [0.5, 0.6) is 0 Å². The molecule has 1 aliphatic rings. The van der Waals surface area contributed by atoms with Gasteiger partial charge in [-0.2, -0.15) is 5.10 Å². The molecule has 0 saturated carbocycles. The molecule has 0 bridgehead atoms. The van der Waals surface area contributed by atoms with Crippen molar-refractivity contribution in [2.75, 3.05) is 12.0 Å². The van der Waals surface area contributed by atoms with Crippen LogP contribution < -0.4 is 10.7 Å². The molecule has 0 atom stereocenters. The van der Waals surface area contributed by atoms with Crippen molar-refractivity contribution in [3.63, 3.8) is 0 Å². The van der Waals surface area contributed by atoms with Crippen LogP contribution in [0.25, 0.3) is 10.2 Å². The topological polar surface area (TPSA) is 62.2 Å². The van der Waals surface area contributed by atoms with E-state index in [1.807, 2.05) is 24.3 Å². The number of halogens is 1. The lowest BCUT2D eigenvalue weighted by Crippen LogP contribution is -2.22. The van der Waals surface area contributed by atoms with Crippen molar-refractivity contribution in [1.82, 2.24) is 15.3 Å². The van der Waals surface area contributed by atoms with E-state index in [2.05, 4.69) is 41.7 Å². The quantitative estimate of drug-likeness (QED) is 0.532. The lowest BCUT2D eigenvalue weighted by molar-refractivity contribution is 0.657. The molecule has 2 N–H and O–H groups in total. The van der Waals surface area contributed by atoms with Crippen LogP contribution in [0.2, 0.25) is 0 Å². The number of hydrazone groups is 1. The highest BCUT2D eigenvalue weighted by molar-refractivity contribution is 9.10. The third-order valence-corrected chi connectivity index (χ3v) is 5.65. The standard InChI is InChI=1S/C16H14BrN5S/c17-12-4-2-1-3-10(12)7-21-22-15-14-11-5-6-18-8-13(11)23-16(14)20-9-19-15/h1-4,7,9,18H,5-6,8H2,(H,19,20,22)/b21-7+. The number of hydrogen-bond acceptors (Lipinski definition) is 6. The summed E-state index contributed by atoms with van der Waals surface area (Å²) in [5.74, 6) is 0.776. The van der Waals surface area contributed by atoms with Gasteiger partial charge in [0.25, 0.3) is 0 Å². The van der Waals surface area contributed by atoms with Crippen LogP contribution in [0, 0.1) is 0 Å². The van der Waals surface area contributed by atoms with Crippen LogP contribution in [0.3, 0.4) is 0 Å². The van der Waals surface area contributed by atoms with E-state index >= 15 is 0 Å². The Kier molecular flexibility index (Phi) is 4.07. The highest BCUT2D eigenvalue weighted by Gasteiger charge is 2.19. The Balaban J connectivity index is 1.67. The van der Waals surface area contributed by atoms with Crippen molar-refractivity contribution < 1.29 is 0 Å². The molecular formula is C16H14BrN5S. The van der Waals surface area contributed by atoms with Gasteiger partial charge in [0.1, 0.15) is 11.2 Å². The molecule has 0 saturated heterocycles. The zero-order chi connectivity index (χ0) is 15.6. The molecule has 1 aliphatic heterocycles. The van der Waals surface area contributed by atoms with Crippen LogP contribution in [0.1, 0.15) is 16.0 Å². The number of rotatable bonds is 3. The van der Waals surface area contributed by atoms with Crippen molar-refractivity contribution in [3.05, 3.63) is 51.1 Å². The molecule has 0 amide bonds. The minimum absolute atomic E-state index is 0.776. The van der Waals surface area contributed by atoms with Crippen LogP contribution in [-0.4, -0.2) is 22.7 Å². The largest absolute Gasteiger partial charge is 0.312 e. The summed E-state index contributed by atoms with van der Waals surface area (Å²) < 4.78 is 1.01. The SMILES string of the molecule is Brc1ccccc1/C=N/Nc1ncnc2sc3c(c12)CCNC3. The molecule has 7 heteroatoms. The van der Waals surface area contributed by atoms with E-state index in [0.717, 1.165) is 45.6 Å². The van der Waals surface area contributed by atoms with Crippen LogP contribution in [-0.2, 0) is 13.0 Å². The highest BCUT2D eigenvalue weighted by atomic mass is 79.9. The summed E-state index contributed by atoms with van der Waals surface area (Å²) in [6.07, 6.45) is 4.39. The third-order valence-electron chi connectivity index (χ3n) is 3.79. The van der Waals surface area contributed by atoms with E-state index in [4.69, 9.17) is 0 Å². The number of hydrogen-bond donors (Lipinski definition) is 2. The maximum absolute atomic E-state index is 4.41. The predicted octanol–water partition coefficient (Wildman–Crippen LogP) is 3.55. The Morgan fingerprint density at radius 2 is 2.22 bits per heavy atom. The second-order valence-corrected chi connectivity index (χ2v) is 7.16. The van der Waals surface area contributed by atoms with E-state index in [9.17, 15) is 0 Å². The molecule has 5 nitrogen and oxygen atoms in total. The summed E-state index contributed by atoms with van der Waals surface area (Å²) in [6.45, 7) is 1.91. The van der Waals surface area contributed by atoms with Crippen molar-refractivity contribution in [3.8, 4) is 0 Å². The van der Waals surface area contributed by atoms with Gasteiger partial charge in [0.05, 0.1) is 11.6 Å². The molecule has 3 heterocycles. The van der Waals surface area contributed by atoms with Crippen molar-refractivity contribution in [1.29, 1.82) is 0 Å². The molecule has 23 heavy (non-hydrogen) atoms. The van der Waals surface area contributed by atoms with Gasteiger partial charge in [0.15, 0.2) is 5.82 Å². The minimum atomic E-state index is 0.776. The van der Waals surface area contributed by atoms with Crippen molar-refractivity contribution in [2.45, 2.75) is 13.0 Å². The van der Waals surface area contributed by atoms with Gasteiger partial charge in [-0.3, -0.25) is 5.43 Å². The summed E-state index contributed by atoms with van der Waals surface area (Å²) in [5, 5.41) is 8.85. The molecule has 4 rings (SSSR count). The normalized spacial score (nSPS) is 14.3. The molecule has 1 aromatic carbocycles. The third kappa shape index (κ3) is 2.87. The first-order valence-corrected chi connectivity index (χ1v) is 8.93. The second-order valence-electron chi connectivity index (χ2n) is 5.22. The number of nitrogens with zero attached hydrogens (tertiary/aromatic N) is 3. The Morgan fingerprint density at radius 1 is 1.30 bits per heavy atom. The predicted molar refractivity (Wildman–Crippen MR) is 98.2 cm³/mol. The van der Waals surface area contributed by atoms with Gasteiger partial charge >= 0.3 is 0 Å². The fraction of sp³-hybridized carbons (Fsp3) is 0.188. The lowest BCUT2D eigenvalue weighted by atomic mass is 10.1. The lowest BCUT2D eigenvalue weighted by Gasteiger charge is -2.12. The number of thiophene rings is 1.